The summed E-state index contributed by atoms with van der Waals surface area (Å²) in [6, 6.07) is 1.77. The van der Waals surface area contributed by atoms with E-state index in [-0.39, 0.29) is 0 Å². The fraction of sp³-hybridized carbons (Fsp3) is 0.167. The number of hydrogen-bond acceptors (Lipinski definition) is 5. The molecule has 5 heteroatoms. The number of hydrogen-bond donors (Lipinski definition) is 0. The first-order chi connectivity index (χ1) is 5.43. The van der Waals surface area contributed by atoms with E-state index in [1.165, 1.54) is 23.5 Å². The second-order valence-corrected chi connectivity index (χ2v) is 3.60. The lowest BCUT2D eigenvalue weighted by molar-refractivity contribution is 0.970. The molecule has 0 bridgehead atoms. The van der Waals surface area contributed by atoms with Crippen molar-refractivity contribution in [2.24, 2.45) is 0 Å². The predicted octanol–water partition coefficient (Wildman–Crippen LogP) is 1.74. The molecule has 0 unspecified atom stereocenters. The van der Waals surface area contributed by atoms with Crippen LogP contribution in [0.25, 0.3) is 0 Å². The highest BCUT2D eigenvalue weighted by Gasteiger charge is 1.93. The normalized spacial score (nSPS) is 9.00. The van der Waals surface area contributed by atoms with E-state index < -0.39 is 0 Å². The van der Waals surface area contributed by atoms with Gasteiger partial charge in [-0.1, -0.05) is 11.8 Å². The largest absolute Gasteiger partial charge is 0.231 e. The maximum atomic E-state index is 8.20. The zero-order valence-electron chi connectivity index (χ0n) is 5.60. The zero-order chi connectivity index (χ0) is 7.94. The maximum absolute atomic E-state index is 8.20. The molecular weight excluding hydrogens is 178 g/mol. The van der Waals surface area contributed by atoms with Crippen LogP contribution in [0.1, 0.15) is 0 Å². The maximum Gasteiger partial charge on any atom is 0.188 e. The Hall–Kier alpha value is -0.730. The molecule has 0 radical (unpaired) electrons. The van der Waals surface area contributed by atoms with Gasteiger partial charge in [0, 0.05) is 12.4 Å². The van der Waals surface area contributed by atoms with Crippen LogP contribution >= 0.6 is 23.5 Å². The van der Waals surface area contributed by atoms with Gasteiger partial charge in [-0.15, -0.1) is 0 Å². The van der Waals surface area contributed by atoms with Crippen molar-refractivity contribution in [2.45, 2.75) is 5.16 Å². The fourth-order valence-electron chi connectivity index (χ4n) is 0.468. The zero-order valence-corrected chi connectivity index (χ0v) is 7.23. The molecule has 0 fully saturated rings. The van der Waals surface area contributed by atoms with Crippen LogP contribution < -0.4 is 0 Å². The average molecular weight is 183 g/mol. The predicted molar refractivity (Wildman–Crippen MR) is 46.0 cm³/mol. The fourth-order valence-corrected chi connectivity index (χ4v) is 1.61. The highest BCUT2D eigenvalue weighted by Crippen LogP contribution is 2.16. The standard InChI is InChI=1S/C6H5N3S2/c7-4-10-5-11-6-8-2-1-3-9-6/h1-3H,5H2. The average Bonchev–Trinajstić information content (AvgIpc) is 2.07. The molecule has 0 aliphatic carbocycles. The van der Waals surface area contributed by atoms with Gasteiger partial charge in [0.15, 0.2) is 5.16 Å². The lowest BCUT2D eigenvalue weighted by Gasteiger charge is -1.92. The second kappa shape index (κ2) is 4.99. The van der Waals surface area contributed by atoms with Crippen LogP contribution in [0, 0.1) is 10.7 Å². The minimum absolute atomic E-state index is 0.681. The van der Waals surface area contributed by atoms with E-state index in [2.05, 4.69) is 9.97 Å². The molecule has 0 N–H and O–H groups in total. The molecule has 0 atom stereocenters. The van der Waals surface area contributed by atoms with Crippen molar-refractivity contribution in [1.29, 1.82) is 5.26 Å². The van der Waals surface area contributed by atoms with Gasteiger partial charge in [0.1, 0.15) is 5.40 Å². The van der Waals surface area contributed by atoms with Crippen LogP contribution in [0.2, 0.25) is 0 Å². The third kappa shape index (κ3) is 3.25. The van der Waals surface area contributed by atoms with Crippen molar-refractivity contribution >= 4 is 23.5 Å². The van der Waals surface area contributed by atoms with Crippen LogP contribution in [0.5, 0.6) is 0 Å². The molecule has 0 aliphatic rings. The van der Waals surface area contributed by atoms with Crippen LogP contribution in [-0.4, -0.2) is 15.1 Å². The van der Waals surface area contributed by atoms with Crippen molar-refractivity contribution in [3.8, 4) is 5.40 Å². The first-order valence-corrected chi connectivity index (χ1v) is 4.81. The summed E-state index contributed by atoms with van der Waals surface area (Å²) in [7, 11) is 0. The molecule has 0 aromatic carbocycles. The van der Waals surface area contributed by atoms with E-state index >= 15 is 0 Å². The lowest BCUT2D eigenvalue weighted by atomic mass is 10.7. The van der Waals surface area contributed by atoms with E-state index in [0.29, 0.717) is 5.08 Å². The number of rotatable bonds is 3. The monoisotopic (exact) mass is 183 g/mol. The number of thiocyanates is 1. The van der Waals surface area contributed by atoms with E-state index in [1.807, 2.05) is 5.40 Å². The number of thioether (sulfide) groups is 2. The summed E-state index contributed by atoms with van der Waals surface area (Å²) >= 11 is 2.65. The van der Waals surface area contributed by atoms with Gasteiger partial charge in [-0.2, -0.15) is 5.26 Å². The highest BCUT2D eigenvalue weighted by atomic mass is 32.2. The van der Waals surface area contributed by atoms with E-state index in [1.54, 1.807) is 18.5 Å². The minimum atomic E-state index is 0.681. The van der Waals surface area contributed by atoms with Gasteiger partial charge in [0.2, 0.25) is 0 Å². The quantitative estimate of drug-likeness (QED) is 0.235. The first kappa shape index (κ1) is 8.37. The molecule has 1 aromatic rings. The first-order valence-electron chi connectivity index (χ1n) is 2.84. The number of nitriles is 1. The van der Waals surface area contributed by atoms with Crippen molar-refractivity contribution < 1.29 is 0 Å². The van der Waals surface area contributed by atoms with Gasteiger partial charge >= 0.3 is 0 Å². The Kier molecular flexibility index (Phi) is 3.80. The molecule has 11 heavy (non-hydrogen) atoms. The minimum Gasteiger partial charge on any atom is -0.231 e. The van der Waals surface area contributed by atoms with Crippen LogP contribution in [0.15, 0.2) is 23.6 Å². The highest BCUT2D eigenvalue weighted by molar-refractivity contribution is 8.18. The summed E-state index contributed by atoms with van der Waals surface area (Å²) in [5.74, 6) is 0. The number of aromatic nitrogens is 2. The summed E-state index contributed by atoms with van der Waals surface area (Å²) in [5.41, 5.74) is 0. The molecule has 1 aromatic heterocycles. The van der Waals surface area contributed by atoms with Gasteiger partial charge in [0.25, 0.3) is 0 Å². The molecule has 0 amide bonds. The van der Waals surface area contributed by atoms with Crippen molar-refractivity contribution in [3.05, 3.63) is 18.5 Å². The Labute approximate surface area is 73.2 Å². The Balaban J connectivity index is 2.35. The molecular formula is C6H5N3S2. The van der Waals surface area contributed by atoms with Crippen molar-refractivity contribution in [1.82, 2.24) is 9.97 Å². The molecule has 0 aliphatic heterocycles. The Morgan fingerprint density at radius 3 is 2.82 bits per heavy atom. The van der Waals surface area contributed by atoms with E-state index in [9.17, 15) is 0 Å². The molecule has 3 nitrogen and oxygen atoms in total. The van der Waals surface area contributed by atoms with Crippen molar-refractivity contribution in [2.75, 3.05) is 5.08 Å². The lowest BCUT2D eigenvalue weighted by Crippen LogP contribution is -1.82. The second-order valence-electron chi connectivity index (χ2n) is 1.53. The SMILES string of the molecule is N#CSCSc1ncccn1. The molecule has 56 valence electrons. The Bertz CT molecular complexity index is 244. The Morgan fingerprint density at radius 2 is 2.18 bits per heavy atom. The molecule has 0 spiro atoms. The smallest absolute Gasteiger partial charge is 0.188 e. The summed E-state index contributed by atoms with van der Waals surface area (Å²) in [5, 5.41) is 11.6. The van der Waals surface area contributed by atoms with Gasteiger partial charge in [-0.3, -0.25) is 0 Å². The van der Waals surface area contributed by atoms with Gasteiger partial charge in [0.05, 0.1) is 5.08 Å². The van der Waals surface area contributed by atoms with Gasteiger partial charge in [-0.25, -0.2) is 9.97 Å². The Morgan fingerprint density at radius 1 is 1.45 bits per heavy atom. The van der Waals surface area contributed by atoms with Crippen LogP contribution in [-0.2, 0) is 0 Å². The van der Waals surface area contributed by atoms with Crippen LogP contribution in [0.3, 0.4) is 0 Å². The summed E-state index contributed by atoms with van der Waals surface area (Å²) < 4.78 is 0. The van der Waals surface area contributed by atoms with Gasteiger partial charge < -0.3 is 0 Å². The third-order valence-corrected chi connectivity index (χ3v) is 2.39. The summed E-state index contributed by atoms with van der Waals surface area (Å²) in [4.78, 5) is 7.96. The van der Waals surface area contributed by atoms with Crippen LogP contribution in [0.4, 0.5) is 0 Å². The molecule has 0 saturated carbocycles. The van der Waals surface area contributed by atoms with Gasteiger partial charge in [-0.05, 0) is 17.8 Å². The van der Waals surface area contributed by atoms with E-state index in [0.717, 1.165) is 5.16 Å². The summed E-state index contributed by atoms with van der Waals surface area (Å²) in [6.45, 7) is 0. The summed E-state index contributed by atoms with van der Waals surface area (Å²) in [6.07, 6.45) is 3.37. The topological polar surface area (TPSA) is 49.6 Å². The van der Waals surface area contributed by atoms with Crippen molar-refractivity contribution in [3.63, 3.8) is 0 Å². The molecule has 1 heterocycles. The van der Waals surface area contributed by atoms with E-state index in [4.69, 9.17) is 5.26 Å². The molecule has 0 saturated heterocycles. The number of nitrogens with zero attached hydrogens (tertiary/aromatic N) is 3. The molecule has 1 rings (SSSR count). The third-order valence-electron chi connectivity index (χ3n) is 0.854.